The number of rotatable bonds is 5. The largest absolute Gasteiger partial charge is 0.250 e. The molecular formula is C11H15BrClNO2S2. The number of alkyl halides is 1. The first-order chi connectivity index (χ1) is 8.47. The Labute approximate surface area is 125 Å². The van der Waals surface area contributed by atoms with Gasteiger partial charge in [-0.2, -0.15) is 0 Å². The van der Waals surface area contributed by atoms with E-state index in [4.69, 9.17) is 11.6 Å². The van der Waals surface area contributed by atoms with Crippen molar-refractivity contribution in [3.63, 3.8) is 0 Å². The average molecular weight is 373 g/mol. The van der Waals surface area contributed by atoms with Gasteiger partial charge >= 0.3 is 0 Å². The van der Waals surface area contributed by atoms with Crippen molar-refractivity contribution in [2.24, 2.45) is 5.41 Å². The average Bonchev–Trinajstić information content (AvgIpc) is 2.96. The Balaban J connectivity index is 2.05. The molecule has 1 aliphatic rings. The van der Waals surface area contributed by atoms with Crippen LogP contribution in [0.25, 0.3) is 0 Å². The SMILES string of the molecule is O=S(=O)(NCC1(CCl)CCCC1)c1ccc(Br)s1. The first kappa shape index (κ1) is 14.8. The normalized spacial score (nSPS) is 19.2. The van der Waals surface area contributed by atoms with Gasteiger partial charge in [-0.25, -0.2) is 13.1 Å². The Morgan fingerprint density at radius 1 is 1.39 bits per heavy atom. The molecule has 1 heterocycles. The van der Waals surface area contributed by atoms with E-state index in [9.17, 15) is 8.42 Å². The van der Waals surface area contributed by atoms with Crippen molar-refractivity contribution in [3.05, 3.63) is 15.9 Å². The van der Waals surface area contributed by atoms with Crippen LogP contribution >= 0.6 is 38.9 Å². The van der Waals surface area contributed by atoms with E-state index >= 15 is 0 Å². The molecule has 102 valence electrons. The molecule has 0 atom stereocenters. The predicted octanol–water partition coefficient (Wildman–Crippen LogP) is 3.59. The number of halogens is 2. The summed E-state index contributed by atoms with van der Waals surface area (Å²) in [7, 11) is -3.40. The summed E-state index contributed by atoms with van der Waals surface area (Å²) in [6.45, 7) is 0.439. The second-order valence-electron chi connectivity index (χ2n) is 4.72. The molecule has 0 saturated heterocycles. The molecule has 0 bridgehead atoms. The monoisotopic (exact) mass is 371 g/mol. The summed E-state index contributed by atoms with van der Waals surface area (Å²) < 4.78 is 28.1. The molecule has 18 heavy (non-hydrogen) atoms. The summed E-state index contributed by atoms with van der Waals surface area (Å²) in [5.41, 5.74) is -0.0525. The van der Waals surface area contributed by atoms with Gasteiger partial charge < -0.3 is 0 Å². The molecule has 1 saturated carbocycles. The standard InChI is InChI=1S/C11H15BrClNO2S2/c12-9-3-4-10(17-9)18(15,16)14-8-11(7-13)5-1-2-6-11/h3-4,14H,1-2,5-8H2. The summed E-state index contributed by atoms with van der Waals surface area (Å²) in [6, 6.07) is 3.35. The van der Waals surface area contributed by atoms with Crippen LogP contribution in [0.3, 0.4) is 0 Å². The van der Waals surface area contributed by atoms with Crippen LogP contribution < -0.4 is 4.72 Å². The van der Waals surface area contributed by atoms with E-state index in [-0.39, 0.29) is 5.41 Å². The van der Waals surface area contributed by atoms with Gasteiger partial charge in [0.15, 0.2) is 0 Å². The molecule has 7 heteroatoms. The summed E-state index contributed by atoms with van der Waals surface area (Å²) in [5, 5.41) is 0. The molecule has 1 aromatic rings. The lowest BCUT2D eigenvalue weighted by molar-refractivity contribution is 0.342. The summed E-state index contributed by atoms with van der Waals surface area (Å²) in [5.74, 6) is 0.518. The van der Waals surface area contributed by atoms with E-state index in [1.807, 2.05) is 0 Å². The van der Waals surface area contributed by atoms with Crippen LogP contribution in [0.2, 0.25) is 0 Å². The van der Waals surface area contributed by atoms with E-state index in [0.717, 1.165) is 29.5 Å². The van der Waals surface area contributed by atoms with E-state index in [0.29, 0.717) is 16.6 Å². The second kappa shape index (κ2) is 5.79. The molecule has 0 amide bonds. The molecule has 0 aromatic carbocycles. The van der Waals surface area contributed by atoms with Crippen LogP contribution in [0.1, 0.15) is 25.7 Å². The number of sulfonamides is 1. The highest BCUT2D eigenvalue weighted by Crippen LogP contribution is 2.39. The Morgan fingerprint density at radius 2 is 2.06 bits per heavy atom. The zero-order valence-corrected chi connectivity index (χ0v) is 13.8. The van der Waals surface area contributed by atoms with E-state index in [1.54, 1.807) is 12.1 Å². The van der Waals surface area contributed by atoms with Crippen molar-refractivity contribution >= 4 is 48.9 Å². The van der Waals surface area contributed by atoms with E-state index in [2.05, 4.69) is 20.7 Å². The molecule has 0 spiro atoms. The molecule has 1 N–H and O–H groups in total. The molecule has 2 rings (SSSR count). The van der Waals surface area contributed by atoms with Crippen LogP contribution in [-0.4, -0.2) is 20.8 Å². The van der Waals surface area contributed by atoms with Crippen LogP contribution in [0.15, 0.2) is 20.1 Å². The summed E-state index contributed by atoms with van der Waals surface area (Å²) in [4.78, 5) is 0. The third-order valence-electron chi connectivity index (χ3n) is 3.40. The van der Waals surface area contributed by atoms with Crippen LogP contribution in [0, 0.1) is 5.41 Å². The Kier molecular flexibility index (Phi) is 4.75. The quantitative estimate of drug-likeness (QED) is 0.803. The van der Waals surface area contributed by atoms with Crippen molar-refractivity contribution in [1.82, 2.24) is 4.72 Å². The zero-order valence-electron chi connectivity index (χ0n) is 9.79. The minimum atomic E-state index is -3.40. The lowest BCUT2D eigenvalue weighted by atomic mass is 9.89. The van der Waals surface area contributed by atoms with Gasteiger partial charge in [0.2, 0.25) is 10.0 Å². The maximum atomic E-state index is 12.1. The van der Waals surface area contributed by atoms with Crippen molar-refractivity contribution in [2.75, 3.05) is 12.4 Å². The van der Waals surface area contributed by atoms with E-state index < -0.39 is 10.0 Å². The van der Waals surface area contributed by atoms with Crippen LogP contribution in [0.4, 0.5) is 0 Å². The highest BCUT2D eigenvalue weighted by molar-refractivity contribution is 9.11. The van der Waals surface area contributed by atoms with Gasteiger partial charge in [-0.3, -0.25) is 0 Å². The molecule has 1 aromatic heterocycles. The Bertz CT molecular complexity index is 509. The smallest absolute Gasteiger partial charge is 0.210 e. The van der Waals surface area contributed by atoms with Gasteiger partial charge in [0.25, 0.3) is 0 Å². The van der Waals surface area contributed by atoms with Crippen molar-refractivity contribution in [1.29, 1.82) is 0 Å². The topological polar surface area (TPSA) is 46.2 Å². The zero-order chi connectivity index (χ0) is 13.2. The fourth-order valence-corrected chi connectivity index (χ4v) is 5.82. The van der Waals surface area contributed by atoms with Gasteiger partial charge in [0, 0.05) is 12.4 Å². The van der Waals surface area contributed by atoms with Gasteiger partial charge in [0.1, 0.15) is 4.21 Å². The third kappa shape index (κ3) is 3.28. The number of nitrogens with one attached hydrogen (secondary N) is 1. The van der Waals surface area contributed by atoms with Crippen molar-refractivity contribution in [2.45, 2.75) is 29.9 Å². The molecule has 0 aliphatic heterocycles. The van der Waals surface area contributed by atoms with Gasteiger partial charge in [-0.15, -0.1) is 22.9 Å². The number of hydrogen-bond donors (Lipinski definition) is 1. The maximum absolute atomic E-state index is 12.1. The van der Waals surface area contributed by atoms with Crippen molar-refractivity contribution < 1.29 is 8.42 Å². The second-order valence-corrected chi connectivity index (χ2v) is 9.45. The summed E-state index contributed by atoms with van der Waals surface area (Å²) in [6.07, 6.45) is 4.29. The van der Waals surface area contributed by atoms with Crippen molar-refractivity contribution in [3.8, 4) is 0 Å². The lowest BCUT2D eigenvalue weighted by Gasteiger charge is -2.26. The fraction of sp³-hybridized carbons (Fsp3) is 0.636. The summed E-state index contributed by atoms with van der Waals surface area (Å²) >= 11 is 10.5. The molecular weight excluding hydrogens is 358 g/mol. The number of hydrogen-bond acceptors (Lipinski definition) is 3. The first-order valence-corrected chi connectivity index (χ1v) is 9.41. The molecule has 1 aliphatic carbocycles. The molecule has 0 radical (unpaired) electrons. The van der Waals surface area contributed by atoms with Gasteiger partial charge in [0.05, 0.1) is 3.79 Å². The Hall–Kier alpha value is 0.380. The Morgan fingerprint density at radius 3 is 2.56 bits per heavy atom. The third-order valence-corrected chi connectivity index (χ3v) is 7.48. The molecule has 3 nitrogen and oxygen atoms in total. The minimum Gasteiger partial charge on any atom is -0.210 e. The first-order valence-electron chi connectivity index (χ1n) is 5.78. The minimum absolute atomic E-state index is 0.0525. The van der Waals surface area contributed by atoms with Crippen LogP contribution in [-0.2, 0) is 10.0 Å². The van der Waals surface area contributed by atoms with Gasteiger partial charge in [-0.05, 0) is 46.3 Å². The predicted molar refractivity (Wildman–Crippen MR) is 78.8 cm³/mol. The van der Waals surface area contributed by atoms with Crippen LogP contribution in [0.5, 0.6) is 0 Å². The molecule has 0 unspecified atom stereocenters. The van der Waals surface area contributed by atoms with E-state index in [1.165, 1.54) is 11.3 Å². The number of thiophene rings is 1. The van der Waals surface area contributed by atoms with Gasteiger partial charge in [-0.1, -0.05) is 12.8 Å². The fourth-order valence-electron chi connectivity index (χ4n) is 2.24. The maximum Gasteiger partial charge on any atom is 0.250 e. The molecule has 1 fully saturated rings. The lowest BCUT2D eigenvalue weighted by Crippen LogP contribution is -2.36. The highest BCUT2D eigenvalue weighted by atomic mass is 79.9. The highest BCUT2D eigenvalue weighted by Gasteiger charge is 2.34.